The lowest BCUT2D eigenvalue weighted by molar-refractivity contribution is -0.129. The molecule has 2 rings (SSSR count). The summed E-state index contributed by atoms with van der Waals surface area (Å²) >= 11 is 1.76. The minimum atomic E-state index is -0.672. The van der Waals surface area contributed by atoms with E-state index in [2.05, 4.69) is 22.8 Å². The number of hydrogen-bond acceptors (Lipinski definition) is 6. The summed E-state index contributed by atoms with van der Waals surface area (Å²) in [6.07, 6.45) is 5.30. The normalized spacial score (nSPS) is 12.8. The van der Waals surface area contributed by atoms with Crippen LogP contribution in [0.15, 0.2) is 42.5 Å². The number of nitrogens with one attached hydrogen (secondary N) is 2. The van der Waals surface area contributed by atoms with Crippen molar-refractivity contribution in [3.63, 3.8) is 0 Å². The maximum atomic E-state index is 12.9. The van der Waals surface area contributed by atoms with Gasteiger partial charge in [0, 0.05) is 22.7 Å². The lowest BCUT2D eigenvalue weighted by Crippen LogP contribution is -2.52. The van der Waals surface area contributed by atoms with E-state index in [0.29, 0.717) is 32.5 Å². The second-order valence-electron chi connectivity index (χ2n) is 7.94. The van der Waals surface area contributed by atoms with Gasteiger partial charge in [0.2, 0.25) is 11.8 Å². The number of unbranched alkanes of at least 4 members (excludes halogenated alkanes) is 1. The van der Waals surface area contributed by atoms with E-state index in [-0.39, 0.29) is 11.8 Å². The molecular formula is C24H37N5O2S. The van der Waals surface area contributed by atoms with Gasteiger partial charge in [-0.15, -0.1) is 11.3 Å². The smallest absolute Gasteiger partial charge is 0.242 e. The first-order valence-electron chi connectivity index (χ1n) is 11.4. The van der Waals surface area contributed by atoms with Crippen molar-refractivity contribution < 1.29 is 9.59 Å². The quantitative estimate of drug-likeness (QED) is 0.257. The molecule has 8 heteroatoms. The van der Waals surface area contributed by atoms with Crippen LogP contribution in [0.25, 0.3) is 0 Å². The monoisotopic (exact) mass is 459 g/mol. The number of amides is 2. The van der Waals surface area contributed by atoms with E-state index >= 15 is 0 Å². The predicted molar refractivity (Wildman–Crippen MR) is 131 cm³/mol. The number of carbonyl (C=O) groups excluding carboxylic acids is 2. The van der Waals surface area contributed by atoms with Crippen molar-refractivity contribution in [3.8, 4) is 0 Å². The van der Waals surface area contributed by atoms with Crippen LogP contribution in [0.1, 0.15) is 41.0 Å². The summed E-state index contributed by atoms with van der Waals surface area (Å²) in [5, 5.41) is 5.83. The molecule has 0 bridgehead atoms. The highest BCUT2D eigenvalue weighted by atomic mass is 32.1. The summed E-state index contributed by atoms with van der Waals surface area (Å²) in [5.41, 5.74) is 18.1. The molecule has 2 atom stereocenters. The summed E-state index contributed by atoms with van der Waals surface area (Å²) in [4.78, 5) is 28.0. The van der Waals surface area contributed by atoms with Crippen molar-refractivity contribution in [2.24, 2.45) is 17.2 Å². The molecule has 1 aromatic carbocycles. The molecule has 7 nitrogen and oxygen atoms in total. The molecule has 1 heterocycles. The number of rotatable bonds is 15. The van der Waals surface area contributed by atoms with Gasteiger partial charge in [0.05, 0.1) is 6.04 Å². The van der Waals surface area contributed by atoms with Crippen LogP contribution in [0.5, 0.6) is 0 Å². The van der Waals surface area contributed by atoms with Crippen LogP contribution in [0.3, 0.4) is 0 Å². The Morgan fingerprint density at radius 1 is 0.875 bits per heavy atom. The van der Waals surface area contributed by atoms with Crippen LogP contribution >= 0.6 is 11.3 Å². The number of nitrogens with two attached hydrogens (primary N) is 3. The van der Waals surface area contributed by atoms with Gasteiger partial charge in [-0.2, -0.15) is 0 Å². The Morgan fingerprint density at radius 3 is 2.25 bits per heavy atom. The highest BCUT2D eigenvalue weighted by molar-refractivity contribution is 7.11. The molecule has 2 aromatic rings. The van der Waals surface area contributed by atoms with Gasteiger partial charge >= 0.3 is 0 Å². The van der Waals surface area contributed by atoms with Crippen molar-refractivity contribution in [1.29, 1.82) is 0 Å². The lowest BCUT2D eigenvalue weighted by atomic mass is 10.0. The molecule has 0 fully saturated rings. The molecule has 0 saturated heterocycles. The van der Waals surface area contributed by atoms with E-state index in [1.807, 2.05) is 30.3 Å². The minimum Gasteiger partial charge on any atom is -0.354 e. The second-order valence-corrected chi connectivity index (χ2v) is 9.20. The molecular weight excluding hydrogens is 422 g/mol. The lowest BCUT2D eigenvalue weighted by Gasteiger charge is -2.21. The van der Waals surface area contributed by atoms with E-state index in [0.717, 1.165) is 37.7 Å². The summed E-state index contributed by atoms with van der Waals surface area (Å²) in [5.74, 6) is -0.503. The zero-order valence-corrected chi connectivity index (χ0v) is 19.5. The maximum Gasteiger partial charge on any atom is 0.242 e. The first-order valence-corrected chi connectivity index (χ1v) is 12.2. The van der Waals surface area contributed by atoms with Crippen LogP contribution < -0.4 is 27.8 Å². The Balaban J connectivity index is 1.91. The zero-order valence-electron chi connectivity index (χ0n) is 18.7. The van der Waals surface area contributed by atoms with Gasteiger partial charge in [-0.05, 0) is 62.9 Å². The molecule has 0 saturated carbocycles. The number of benzene rings is 1. The van der Waals surface area contributed by atoms with Gasteiger partial charge < -0.3 is 27.8 Å². The Kier molecular flexibility index (Phi) is 12.0. The fourth-order valence-corrected chi connectivity index (χ4v) is 4.44. The molecule has 2 amide bonds. The third-order valence-corrected chi connectivity index (χ3v) is 6.44. The van der Waals surface area contributed by atoms with Gasteiger partial charge in [-0.1, -0.05) is 36.8 Å². The topological polar surface area (TPSA) is 136 Å². The molecule has 0 radical (unpaired) electrons. The number of aryl methyl sites for hydroxylation is 1. The van der Waals surface area contributed by atoms with Crippen LogP contribution in [0, 0.1) is 0 Å². The zero-order chi connectivity index (χ0) is 23.2. The number of carbonyl (C=O) groups is 2. The van der Waals surface area contributed by atoms with E-state index < -0.39 is 12.1 Å². The molecule has 176 valence electrons. The SMILES string of the molecule is NCCCC[C@H](N)C(=O)N[C@H](Cc1ccccc1)C(=O)NCCc1ccc(CCCN)s1. The number of thiophene rings is 1. The van der Waals surface area contributed by atoms with E-state index in [9.17, 15) is 9.59 Å². The fourth-order valence-electron chi connectivity index (χ4n) is 3.38. The molecule has 32 heavy (non-hydrogen) atoms. The van der Waals surface area contributed by atoms with Gasteiger partial charge in [0.15, 0.2) is 0 Å². The van der Waals surface area contributed by atoms with Crippen molar-refractivity contribution in [2.45, 2.75) is 57.0 Å². The van der Waals surface area contributed by atoms with Crippen molar-refractivity contribution in [2.75, 3.05) is 19.6 Å². The summed E-state index contributed by atoms with van der Waals surface area (Å²) < 4.78 is 0. The molecule has 0 unspecified atom stereocenters. The van der Waals surface area contributed by atoms with Crippen molar-refractivity contribution >= 4 is 23.2 Å². The van der Waals surface area contributed by atoms with Gasteiger partial charge in [-0.25, -0.2) is 0 Å². The molecule has 1 aromatic heterocycles. The van der Waals surface area contributed by atoms with Crippen molar-refractivity contribution in [3.05, 3.63) is 57.8 Å². The molecule has 0 spiro atoms. The predicted octanol–water partition coefficient (Wildman–Crippen LogP) is 1.48. The Morgan fingerprint density at radius 2 is 1.56 bits per heavy atom. The summed E-state index contributed by atoms with van der Waals surface area (Å²) in [6.45, 7) is 1.78. The Labute approximate surface area is 195 Å². The standard InChI is InChI=1S/C24H37N5O2S/c25-14-5-4-10-21(27)23(30)29-22(17-18-7-2-1-3-8-18)24(31)28-16-13-20-12-11-19(32-20)9-6-15-26/h1-3,7-8,11-12,21-22H,4-6,9-10,13-17,25-27H2,(H,28,31)(H,29,30)/t21-,22+/m0/s1. The van der Waals surface area contributed by atoms with E-state index in [1.54, 1.807) is 11.3 Å². The highest BCUT2D eigenvalue weighted by Crippen LogP contribution is 2.18. The van der Waals surface area contributed by atoms with Crippen molar-refractivity contribution in [1.82, 2.24) is 10.6 Å². The first kappa shape index (κ1) is 26.0. The van der Waals surface area contributed by atoms with Gasteiger partial charge in [0.1, 0.15) is 6.04 Å². The van der Waals surface area contributed by atoms with E-state index in [1.165, 1.54) is 9.75 Å². The first-order chi connectivity index (χ1) is 15.5. The van der Waals surface area contributed by atoms with Gasteiger partial charge in [-0.3, -0.25) is 9.59 Å². The maximum absolute atomic E-state index is 12.9. The third kappa shape index (κ3) is 9.48. The average Bonchev–Trinajstić information content (AvgIpc) is 3.25. The minimum absolute atomic E-state index is 0.198. The average molecular weight is 460 g/mol. The molecule has 0 aliphatic carbocycles. The fraction of sp³-hybridized carbons (Fsp3) is 0.500. The molecule has 0 aliphatic rings. The van der Waals surface area contributed by atoms with Gasteiger partial charge in [0.25, 0.3) is 0 Å². The van der Waals surface area contributed by atoms with E-state index in [4.69, 9.17) is 17.2 Å². The largest absolute Gasteiger partial charge is 0.354 e. The molecule has 8 N–H and O–H groups in total. The van der Waals surface area contributed by atoms with Crippen LogP contribution in [0.2, 0.25) is 0 Å². The second kappa shape index (κ2) is 14.7. The Hall–Kier alpha value is -2.26. The molecule has 0 aliphatic heterocycles. The summed E-state index contributed by atoms with van der Waals surface area (Å²) in [6, 6.07) is 12.6. The van der Waals surface area contributed by atoms with Crippen LogP contribution in [-0.4, -0.2) is 43.5 Å². The third-order valence-electron chi connectivity index (χ3n) is 5.24. The summed E-state index contributed by atoms with van der Waals surface area (Å²) in [7, 11) is 0. The number of hydrogen-bond donors (Lipinski definition) is 5. The van der Waals surface area contributed by atoms with Crippen LogP contribution in [-0.2, 0) is 28.9 Å². The highest BCUT2D eigenvalue weighted by Gasteiger charge is 2.23. The van der Waals surface area contributed by atoms with Crippen LogP contribution in [0.4, 0.5) is 0 Å². The Bertz CT molecular complexity index is 812.